The van der Waals surface area contributed by atoms with Crippen LogP contribution in [0.15, 0.2) is 11.2 Å². The van der Waals surface area contributed by atoms with Gasteiger partial charge in [-0.15, -0.1) is 24.0 Å². The quantitative estimate of drug-likeness (QED) is 0.408. The summed E-state index contributed by atoms with van der Waals surface area (Å²) in [7, 11) is -3.05. The molecule has 0 aromatic carbocycles. The van der Waals surface area contributed by atoms with Gasteiger partial charge >= 0.3 is 0 Å². The second-order valence-corrected chi connectivity index (χ2v) is 8.93. The molecule has 0 amide bonds. The Morgan fingerprint density at radius 1 is 1.52 bits per heavy atom. The fourth-order valence-corrected chi connectivity index (χ4v) is 3.81. The number of halogens is 1. The molecule has 0 aliphatic carbocycles. The van der Waals surface area contributed by atoms with Gasteiger partial charge in [0, 0.05) is 30.9 Å². The van der Waals surface area contributed by atoms with Gasteiger partial charge in [0.15, 0.2) is 15.8 Å². The van der Waals surface area contributed by atoms with Crippen molar-refractivity contribution in [2.75, 3.05) is 25.4 Å². The lowest BCUT2D eigenvalue weighted by molar-refractivity contribution is 0.353. The van der Waals surface area contributed by atoms with Gasteiger partial charge in [-0.2, -0.15) is 5.10 Å². The van der Waals surface area contributed by atoms with E-state index in [-0.39, 0.29) is 29.7 Å². The number of aromatic nitrogens is 2. The molecule has 2 N–H and O–H groups in total. The van der Waals surface area contributed by atoms with Crippen LogP contribution in [0.3, 0.4) is 0 Å². The Labute approximate surface area is 155 Å². The summed E-state index contributed by atoms with van der Waals surface area (Å²) in [5.74, 6) is 0.917. The highest BCUT2D eigenvalue weighted by Gasteiger charge is 2.40. The van der Waals surface area contributed by atoms with Crippen molar-refractivity contribution >= 4 is 39.8 Å². The van der Waals surface area contributed by atoms with Crippen LogP contribution >= 0.6 is 24.0 Å². The highest BCUT2D eigenvalue weighted by molar-refractivity contribution is 14.0. The summed E-state index contributed by atoms with van der Waals surface area (Å²) < 4.78 is 23.5. The predicted molar refractivity (Wildman–Crippen MR) is 103 cm³/mol. The highest BCUT2D eigenvalue weighted by atomic mass is 127. The van der Waals surface area contributed by atoms with Crippen molar-refractivity contribution in [2.45, 2.75) is 39.0 Å². The third-order valence-corrected chi connectivity index (χ3v) is 6.54. The van der Waals surface area contributed by atoms with Gasteiger partial charge in [0.25, 0.3) is 0 Å². The van der Waals surface area contributed by atoms with E-state index in [1.165, 1.54) is 0 Å². The molecule has 1 aromatic rings. The van der Waals surface area contributed by atoms with Gasteiger partial charge in [0.05, 0.1) is 23.2 Å². The average Bonchev–Trinajstić information content (AvgIpc) is 2.83. The summed E-state index contributed by atoms with van der Waals surface area (Å²) in [6.07, 6.45) is 1.77. The first-order valence-electron chi connectivity index (χ1n) is 7.51. The van der Waals surface area contributed by atoms with Crippen LogP contribution in [0.25, 0.3) is 0 Å². The number of sulfone groups is 1. The monoisotopic (exact) mass is 455 g/mol. The van der Waals surface area contributed by atoms with E-state index in [0.29, 0.717) is 19.6 Å². The van der Waals surface area contributed by atoms with Gasteiger partial charge in [-0.1, -0.05) is 0 Å². The number of nitrogens with one attached hydrogen (secondary N) is 2. The zero-order valence-electron chi connectivity index (χ0n) is 14.1. The molecule has 1 aliphatic heterocycles. The van der Waals surface area contributed by atoms with Crippen molar-refractivity contribution in [1.29, 1.82) is 0 Å². The maximum atomic E-state index is 12.1. The normalized spacial score (nSPS) is 20.0. The number of guanidine groups is 1. The molecule has 2 heterocycles. The van der Waals surface area contributed by atoms with Gasteiger partial charge in [0.1, 0.15) is 0 Å². The zero-order chi connectivity index (χ0) is 16.4. The summed E-state index contributed by atoms with van der Waals surface area (Å²) >= 11 is 0. The maximum Gasteiger partial charge on any atom is 0.194 e. The number of aromatic amines is 1. The number of hydrogen-bond acceptors (Lipinski definition) is 4. The Balaban J connectivity index is 0.00000264. The van der Waals surface area contributed by atoms with E-state index in [4.69, 9.17) is 0 Å². The lowest BCUT2D eigenvalue weighted by Gasteiger charge is -2.39. The van der Waals surface area contributed by atoms with Gasteiger partial charge in [-0.25, -0.2) is 13.4 Å². The molecule has 0 spiro atoms. The molecule has 2 rings (SSSR count). The van der Waals surface area contributed by atoms with Crippen LogP contribution in [-0.4, -0.2) is 59.6 Å². The standard InChI is InChI=1S/C14H25N5O2S.HI/c1-5-15-13(16-8-12-9-17-18-11(12)2)19-6-7-22(20,21)14(3,4)10-19;/h9H,5-8,10H2,1-4H3,(H,15,16)(H,17,18);1H. The van der Waals surface area contributed by atoms with Crippen molar-refractivity contribution in [2.24, 2.45) is 4.99 Å². The molecule has 1 fully saturated rings. The molecule has 0 radical (unpaired) electrons. The minimum Gasteiger partial charge on any atom is -0.357 e. The Morgan fingerprint density at radius 3 is 2.74 bits per heavy atom. The van der Waals surface area contributed by atoms with Crippen molar-refractivity contribution < 1.29 is 8.42 Å². The van der Waals surface area contributed by atoms with Crippen LogP contribution in [0, 0.1) is 6.92 Å². The summed E-state index contributed by atoms with van der Waals surface area (Å²) in [6.45, 7) is 9.71. The maximum absolute atomic E-state index is 12.1. The van der Waals surface area contributed by atoms with E-state index in [1.807, 2.05) is 18.7 Å². The van der Waals surface area contributed by atoms with Crippen molar-refractivity contribution in [3.63, 3.8) is 0 Å². The zero-order valence-corrected chi connectivity index (χ0v) is 17.2. The van der Waals surface area contributed by atoms with E-state index in [2.05, 4.69) is 20.5 Å². The van der Waals surface area contributed by atoms with E-state index in [1.54, 1.807) is 20.0 Å². The van der Waals surface area contributed by atoms with Gasteiger partial charge in [-0.05, 0) is 27.7 Å². The second kappa shape index (κ2) is 7.82. The SMILES string of the molecule is CCNC(=NCc1cn[nH]c1C)N1CCS(=O)(=O)C(C)(C)C1.I. The fraction of sp³-hybridized carbons (Fsp3) is 0.714. The molecule has 0 bridgehead atoms. The molecule has 1 aromatic heterocycles. The molecule has 1 saturated heterocycles. The number of nitrogens with zero attached hydrogens (tertiary/aromatic N) is 3. The number of rotatable bonds is 3. The van der Waals surface area contributed by atoms with Crippen LogP contribution in [0.4, 0.5) is 0 Å². The molecule has 1 aliphatic rings. The predicted octanol–water partition coefficient (Wildman–Crippen LogP) is 1.31. The topological polar surface area (TPSA) is 90.4 Å². The molecular formula is C14H26IN5O2S. The molecule has 0 saturated carbocycles. The average molecular weight is 455 g/mol. The molecule has 0 unspecified atom stereocenters. The van der Waals surface area contributed by atoms with Crippen LogP contribution in [0.2, 0.25) is 0 Å². The molecular weight excluding hydrogens is 429 g/mol. The lowest BCUT2D eigenvalue weighted by atomic mass is 10.2. The third kappa shape index (κ3) is 4.59. The summed E-state index contributed by atoms with van der Waals surface area (Å²) in [4.78, 5) is 6.66. The van der Waals surface area contributed by atoms with Crippen LogP contribution < -0.4 is 5.32 Å². The highest BCUT2D eigenvalue weighted by Crippen LogP contribution is 2.23. The first kappa shape index (κ1) is 20.2. The van der Waals surface area contributed by atoms with E-state index in [9.17, 15) is 8.42 Å². The van der Waals surface area contributed by atoms with Gasteiger partial charge < -0.3 is 10.2 Å². The Bertz CT molecular complexity index is 654. The van der Waals surface area contributed by atoms with Gasteiger partial charge in [-0.3, -0.25) is 5.10 Å². The molecule has 7 nitrogen and oxygen atoms in total. The summed E-state index contributed by atoms with van der Waals surface area (Å²) in [6, 6.07) is 0. The lowest BCUT2D eigenvalue weighted by Crippen LogP contribution is -2.57. The Hall–Kier alpha value is -0.840. The van der Waals surface area contributed by atoms with Crippen LogP contribution in [0.1, 0.15) is 32.0 Å². The number of H-pyrrole nitrogens is 1. The molecule has 23 heavy (non-hydrogen) atoms. The number of aryl methyl sites for hydroxylation is 1. The summed E-state index contributed by atoms with van der Waals surface area (Å²) in [5, 5.41) is 10.1. The molecule has 9 heteroatoms. The minimum absolute atomic E-state index is 0. The Morgan fingerprint density at radius 2 is 2.22 bits per heavy atom. The minimum atomic E-state index is -3.05. The second-order valence-electron chi connectivity index (χ2n) is 6.19. The molecule has 132 valence electrons. The Kier molecular flexibility index (Phi) is 6.87. The van der Waals surface area contributed by atoms with Crippen molar-refractivity contribution in [3.05, 3.63) is 17.5 Å². The van der Waals surface area contributed by atoms with E-state index < -0.39 is 14.6 Å². The van der Waals surface area contributed by atoms with Crippen LogP contribution in [0.5, 0.6) is 0 Å². The fourth-order valence-electron chi connectivity index (χ4n) is 2.45. The number of aliphatic imine (C=N–C) groups is 1. The molecule has 0 atom stereocenters. The van der Waals surface area contributed by atoms with E-state index in [0.717, 1.165) is 23.8 Å². The summed E-state index contributed by atoms with van der Waals surface area (Å²) in [5.41, 5.74) is 2.04. The smallest absolute Gasteiger partial charge is 0.194 e. The third-order valence-electron chi connectivity index (χ3n) is 4.01. The van der Waals surface area contributed by atoms with Gasteiger partial charge in [0.2, 0.25) is 0 Å². The first-order chi connectivity index (χ1) is 10.3. The van der Waals surface area contributed by atoms with E-state index >= 15 is 0 Å². The van der Waals surface area contributed by atoms with Crippen molar-refractivity contribution in [3.8, 4) is 0 Å². The largest absolute Gasteiger partial charge is 0.357 e. The number of hydrogen-bond donors (Lipinski definition) is 2. The van der Waals surface area contributed by atoms with Crippen LogP contribution in [-0.2, 0) is 16.4 Å². The van der Waals surface area contributed by atoms with Crippen molar-refractivity contribution in [1.82, 2.24) is 20.4 Å². The first-order valence-corrected chi connectivity index (χ1v) is 9.16.